The highest BCUT2D eigenvalue weighted by Gasteiger charge is 2.37. The minimum Gasteiger partial charge on any atom is -0.411 e. The van der Waals surface area contributed by atoms with Gasteiger partial charge >= 0.3 is 0 Å². The van der Waals surface area contributed by atoms with Crippen LogP contribution < -0.4 is 0 Å². The van der Waals surface area contributed by atoms with Crippen molar-refractivity contribution in [3.8, 4) is 0 Å². The predicted octanol–water partition coefficient (Wildman–Crippen LogP) is 6.01. The van der Waals surface area contributed by atoms with Crippen LogP contribution in [0.5, 0.6) is 0 Å². The van der Waals surface area contributed by atoms with E-state index in [1.54, 1.807) is 11.8 Å². The van der Waals surface area contributed by atoms with Crippen LogP contribution in [0.25, 0.3) is 0 Å². The third kappa shape index (κ3) is 5.47. The molecule has 0 bridgehead atoms. The van der Waals surface area contributed by atoms with Gasteiger partial charge in [-0.25, -0.2) is 0 Å². The summed E-state index contributed by atoms with van der Waals surface area (Å²) in [6.45, 7) is 15.7. The highest BCUT2D eigenvalue weighted by Crippen LogP contribution is 2.37. The largest absolute Gasteiger partial charge is 0.411 e. The molecule has 0 N–H and O–H groups in total. The molecule has 0 saturated carbocycles. The van der Waals surface area contributed by atoms with Crippen molar-refractivity contribution in [2.75, 3.05) is 0 Å². The molecule has 1 atom stereocenters. The molecule has 0 spiro atoms. The molecule has 0 aliphatic carbocycles. The zero-order chi connectivity index (χ0) is 15.4. The molecule has 1 rings (SSSR count). The summed E-state index contributed by atoms with van der Waals surface area (Å²) in [4.78, 5) is 1.27. The second kappa shape index (κ2) is 6.97. The quantitative estimate of drug-likeness (QED) is 0.486. The van der Waals surface area contributed by atoms with Crippen molar-refractivity contribution in [3.63, 3.8) is 0 Å². The second-order valence-electron chi connectivity index (χ2n) is 6.84. The summed E-state index contributed by atoms with van der Waals surface area (Å²) < 4.78 is 6.30. The normalized spacial score (nSPS) is 14.8. The Balaban J connectivity index is 2.52. The van der Waals surface area contributed by atoms with E-state index in [9.17, 15) is 0 Å². The van der Waals surface area contributed by atoms with Crippen LogP contribution in [0.4, 0.5) is 0 Å². The zero-order valence-corrected chi connectivity index (χ0v) is 15.7. The molecule has 0 fully saturated rings. The van der Waals surface area contributed by atoms with Crippen molar-refractivity contribution >= 4 is 20.1 Å². The van der Waals surface area contributed by atoms with Gasteiger partial charge in [-0.2, -0.15) is 0 Å². The fourth-order valence-electron chi connectivity index (χ4n) is 1.53. The maximum atomic E-state index is 6.30. The Morgan fingerprint density at radius 2 is 1.70 bits per heavy atom. The smallest absolute Gasteiger partial charge is 0.192 e. The van der Waals surface area contributed by atoms with Crippen LogP contribution in [0.2, 0.25) is 18.1 Å². The first-order valence-electron chi connectivity index (χ1n) is 7.20. The van der Waals surface area contributed by atoms with E-state index in [-0.39, 0.29) is 11.1 Å². The molecular formula is C17H28OSSi. The first-order valence-corrected chi connectivity index (χ1v) is 11.0. The van der Waals surface area contributed by atoms with Crippen LogP contribution in [0, 0.1) is 6.92 Å². The SMILES string of the molecule is Cc1ccc(S/C=C/[C@@H](C)O[Si](C)(C)C(C)(C)C)cc1. The molecule has 0 saturated heterocycles. The average molecular weight is 309 g/mol. The van der Waals surface area contributed by atoms with Gasteiger partial charge in [0.1, 0.15) is 0 Å². The van der Waals surface area contributed by atoms with Crippen LogP contribution in [0.1, 0.15) is 33.3 Å². The van der Waals surface area contributed by atoms with Crippen LogP contribution in [0.15, 0.2) is 40.6 Å². The van der Waals surface area contributed by atoms with Crippen LogP contribution >= 0.6 is 11.8 Å². The maximum absolute atomic E-state index is 6.30. The van der Waals surface area contributed by atoms with Crippen LogP contribution in [-0.4, -0.2) is 14.4 Å². The molecule has 0 radical (unpaired) electrons. The summed E-state index contributed by atoms with van der Waals surface area (Å²) in [5.74, 6) is 0. The van der Waals surface area contributed by atoms with Gasteiger partial charge in [-0.15, -0.1) is 0 Å². The van der Waals surface area contributed by atoms with Gasteiger partial charge in [-0.1, -0.05) is 56.3 Å². The lowest BCUT2D eigenvalue weighted by atomic mass is 10.2. The lowest BCUT2D eigenvalue weighted by Crippen LogP contribution is -2.42. The Morgan fingerprint density at radius 3 is 2.20 bits per heavy atom. The third-order valence-electron chi connectivity index (χ3n) is 3.86. The molecule has 0 aromatic heterocycles. The topological polar surface area (TPSA) is 9.23 Å². The van der Waals surface area contributed by atoms with Crippen molar-refractivity contribution < 1.29 is 4.43 Å². The maximum Gasteiger partial charge on any atom is 0.192 e. The molecule has 0 unspecified atom stereocenters. The van der Waals surface area contributed by atoms with Gasteiger partial charge < -0.3 is 4.43 Å². The predicted molar refractivity (Wildman–Crippen MR) is 93.9 cm³/mol. The van der Waals surface area contributed by atoms with E-state index in [4.69, 9.17) is 4.43 Å². The van der Waals surface area contributed by atoms with E-state index < -0.39 is 8.32 Å². The van der Waals surface area contributed by atoms with E-state index in [0.29, 0.717) is 0 Å². The fraction of sp³-hybridized carbons (Fsp3) is 0.529. The Bertz CT molecular complexity index is 443. The second-order valence-corrected chi connectivity index (χ2v) is 12.6. The molecule has 0 aliphatic rings. The van der Waals surface area contributed by atoms with Gasteiger partial charge in [0.25, 0.3) is 0 Å². The summed E-state index contributed by atoms with van der Waals surface area (Å²) >= 11 is 1.75. The standard InChI is InChI=1S/C17H28OSSi/c1-14-8-10-16(11-9-14)19-13-12-15(2)18-20(6,7)17(3,4)5/h8-13,15H,1-7H3/b13-12+/t15-/m1/s1. The number of hydrogen-bond donors (Lipinski definition) is 0. The highest BCUT2D eigenvalue weighted by molar-refractivity contribution is 8.02. The molecule has 1 aromatic carbocycles. The van der Waals surface area contributed by atoms with Gasteiger partial charge in [-0.05, 0) is 49.5 Å². The number of hydrogen-bond acceptors (Lipinski definition) is 2. The summed E-state index contributed by atoms with van der Waals surface area (Å²) in [7, 11) is -1.67. The summed E-state index contributed by atoms with van der Waals surface area (Å²) in [6, 6.07) is 8.60. The molecular weight excluding hydrogens is 280 g/mol. The number of aryl methyl sites for hydroxylation is 1. The molecule has 0 aliphatic heterocycles. The summed E-state index contributed by atoms with van der Waals surface area (Å²) in [6.07, 6.45) is 2.33. The summed E-state index contributed by atoms with van der Waals surface area (Å²) in [5, 5.41) is 2.40. The molecule has 112 valence electrons. The third-order valence-corrected chi connectivity index (χ3v) is 9.27. The monoisotopic (exact) mass is 308 g/mol. The Morgan fingerprint density at radius 1 is 1.15 bits per heavy atom. The minimum absolute atomic E-state index is 0.175. The molecule has 0 heterocycles. The first-order chi connectivity index (χ1) is 9.12. The van der Waals surface area contributed by atoms with Gasteiger partial charge in [0.15, 0.2) is 8.32 Å². The van der Waals surface area contributed by atoms with Crippen molar-refractivity contribution in [1.29, 1.82) is 0 Å². The van der Waals surface area contributed by atoms with Gasteiger partial charge in [0.2, 0.25) is 0 Å². The molecule has 3 heteroatoms. The van der Waals surface area contributed by atoms with E-state index in [1.807, 2.05) is 0 Å². The lowest BCUT2D eigenvalue weighted by Gasteiger charge is -2.37. The number of benzene rings is 1. The highest BCUT2D eigenvalue weighted by atomic mass is 32.2. The van der Waals surface area contributed by atoms with Gasteiger partial charge in [0, 0.05) is 4.90 Å². The van der Waals surface area contributed by atoms with Crippen LogP contribution in [0.3, 0.4) is 0 Å². The van der Waals surface area contributed by atoms with E-state index in [1.165, 1.54) is 10.5 Å². The van der Waals surface area contributed by atoms with E-state index in [0.717, 1.165) is 0 Å². The molecule has 1 nitrogen and oxygen atoms in total. The van der Waals surface area contributed by atoms with Gasteiger partial charge in [0.05, 0.1) is 6.10 Å². The van der Waals surface area contributed by atoms with Crippen molar-refractivity contribution in [1.82, 2.24) is 0 Å². The average Bonchev–Trinajstić information content (AvgIpc) is 2.29. The first kappa shape index (κ1) is 17.5. The van der Waals surface area contributed by atoms with Crippen molar-refractivity contribution in [3.05, 3.63) is 41.3 Å². The lowest BCUT2D eigenvalue weighted by molar-refractivity contribution is 0.243. The minimum atomic E-state index is -1.67. The van der Waals surface area contributed by atoms with Crippen molar-refractivity contribution in [2.24, 2.45) is 0 Å². The number of thioether (sulfide) groups is 1. The fourth-order valence-corrected chi connectivity index (χ4v) is 3.64. The molecule has 20 heavy (non-hydrogen) atoms. The summed E-state index contributed by atoms with van der Waals surface area (Å²) in [5.41, 5.74) is 1.30. The van der Waals surface area contributed by atoms with E-state index in [2.05, 4.69) is 83.5 Å². The Labute approximate surface area is 129 Å². The van der Waals surface area contributed by atoms with Crippen molar-refractivity contribution in [2.45, 2.75) is 63.8 Å². The number of rotatable bonds is 5. The Hall–Kier alpha value is -0.513. The molecule has 0 amide bonds. The van der Waals surface area contributed by atoms with E-state index >= 15 is 0 Å². The van der Waals surface area contributed by atoms with Gasteiger partial charge in [-0.3, -0.25) is 0 Å². The zero-order valence-electron chi connectivity index (χ0n) is 13.9. The molecule has 1 aromatic rings. The Kier molecular flexibility index (Phi) is 6.11. The van der Waals surface area contributed by atoms with Crippen LogP contribution in [-0.2, 0) is 4.43 Å².